The highest BCUT2D eigenvalue weighted by Gasteiger charge is 2.24. The van der Waals surface area contributed by atoms with Gasteiger partial charge in [0.05, 0.1) is 0 Å². The van der Waals surface area contributed by atoms with Crippen molar-refractivity contribution in [2.75, 3.05) is 46.9 Å². The van der Waals surface area contributed by atoms with Crippen LogP contribution in [0.3, 0.4) is 0 Å². The van der Waals surface area contributed by atoms with Crippen LogP contribution in [0.4, 0.5) is 0 Å². The number of nitrogens with one attached hydrogen (secondary N) is 1. The standard InChI is InChI=1S/C15H29N3O2/c1-17-8-4-3-5-14(17)11-16-13-6-9-18(10-7-13)15(19)12-20-2/h13-14,16H,3-12H2,1-2H3. The predicted octanol–water partition coefficient (Wildman–Crippen LogP) is 0.698. The Hall–Kier alpha value is -0.650. The molecule has 5 heteroatoms. The van der Waals surface area contributed by atoms with Gasteiger partial charge >= 0.3 is 0 Å². The molecule has 2 fully saturated rings. The van der Waals surface area contributed by atoms with Crippen LogP contribution in [0, 0.1) is 0 Å². The number of carbonyl (C=O) groups excluding carboxylic acids is 1. The Balaban J connectivity index is 1.65. The van der Waals surface area contributed by atoms with Gasteiger partial charge in [0, 0.05) is 38.8 Å². The number of rotatable bonds is 5. The predicted molar refractivity (Wildman–Crippen MR) is 79.7 cm³/mol. The van der Waals surface area contributed by atoms with E-state index in [1.807, 2.05) is 4.90 Å². The monoisotopic (exact) mass is 283 g/mol. The molecule has 2 aliphatic rings. The number of nitrogens with zero attached hydrogens (tertiary/aromatic N) is 2. The molecule has 2 aliphatic heterocycles. The van der Waals surface area contributed by atoms with Gasteiger partial charge in [0.2, 0.25) is 5.91 Å². The summed E-state index contributed by atoms with van der Waals surface area (Å²) in [6.45, 7) is 4.26. The zero-order valence-corrected chi connectivity index (χ0v) is 12.9. The topological polar surface area (TPSA) is 44.8 Å². The largest absolute Gasteiger partial charge is 0.375 e. The summed E-state index contributed by atoms with van der Waals surface area (Å²) in [5.41, 5.74) is 0. The van der Waals surface area contributed by atoms with Gasteiger partial charge in [0.15, 0.2) is 0 Å². The van der Waals surface area contributed by atoms with Crippen molar-refractivity contribution in [2.24, 2.45) is 0 Å². The Labute approximate surface area is 122 Å². The molecule has 1 atom stereocenters. The molecular weight excluding hydrogens is 254 g/mol. The first-order valence-corrected chi connectivity index (χ1v) is 7.91. The minimum absolute atomic E-state index is 0.123. The van der Waals surface area contributed by atoms with Gasteiger partial charge in [0.25, 0.3) is 0 Å². The highest BCUT2D eigenvalue weighted by molar-refractivity contribution is 5.77. The normalized spacial score (nSPS) is 25.9. The fourth-order valence-corrected chi connectivity index (χ4v) is 3.25. The highest BCUT2D eigenvalue weighted by atomic mass is 16.5. The molecule has 2 heterocycles. The molecule has 0 aromatic carbocycles. The lowest BCUT2D eigenvalue weighted by molar-refractivity contribution is -0.136. The van der Waals surface area contributed by atoms with Gasteiger partial charge in [-0.25, -0.2) is 0 Å². The summed E-state index contributed by atoms with van der Waals surface area (Å²) in [7, 11) is 3.81. The van der Waals surface area contributed by atoms with Gasteiger partial charge < -0.3 is 19.9 Å². The molecule has 0 saturated carbocycles. The number of hydrogen-bond acceptors (Lipinski definition) is 4. The molecule has 1 amide bonds. The molecule has 1 N–H and O–H groups in total. The quantitative estimate of drug-likeness (QED) is 0.807. The maximum Gasteiger partial charge on any atom is 0.248 e. The lowest BCUT2D eigenvalue weighted by Gasteiger charge is -2.36. The second-order valence-corrected chi connectivity index (χ2v) is 6.13. The number of carbonyl (C=O) groups is 1. The maximum atomic E-state index is 11.7. The smallest absolute Gasteiger partial charge is 0.248 e. The lowest BCUT2D eigenvalue weighted by Crippen LogP contribution is -2.50. The number of likely N-dealkylation sites (N-methyl/N-ethyl adjacent to an activating group) is 1. The lowest BCUT2D eigenvalue weighted by atomic mass is 10.0. The van der Waals surface area contributed by atoms with Crippen LogP contribution in [-0.4, -0.2) is 74.7 Å². The van der Waals surface area contributed by atoms with Crippen LogP contribution in [0.1, 0.15) is 32.1 Å². The average Bonchev–Trinajstić information content (AvgIpc) is 2.47. The van der Waals surface area contributed by atoms with Crippen LogP contribution in [0.2, 0.25) is 0 Å². The summed E-state index contributed by atoms with van der Waals surface area (Å²) in [6.07, 6.45) is 6.14. The Kier molecular flexibility index (Phi) is 6.26. The van der Waals surface area contributed by atoms with E-state index in [0.29, 0.717) is 12.1 Å². The first kappa shape index (κ1) is 15.7. The van der Waals surface area contributed by atoms with E-state index in [-0.39, 0.29) is 12.5 Å². The highest BCUT2D eigenvalue weighted by Crippen LogP contribution is 2.16. The first-order valence-electron chi connectivity index (χ1n) is 7.91. The van der Waals surface area contributed by atoms with Gasteiger partial charge in [-0.3, -0.25) is 4.79 Å². The van der Waals surface area contributed by atoms with E-state index < -0.39 is 0 Å². The zero-order chi connectivity index (χ0) is 14.4. The molecule has 0 aromatic heterocycles. The Morgan fingerprint density at radius 2 is 1.95 bits per heavy atom. The van der Waals surface area contributed by atoms with Gasteiger partial charge in [-0.05, 0) is 39.3 Å². The van der Waals surface area contributed by atoms with Crippen molar-refractivity contribution in [1.82, 2.24) is 15.1 Å². The van der Waals surface area contributed by atoms with Gasteiger partial charge in [0.1, 0.15) is 6.61 Å². The number of amides is 1. The van der Waals surface area contributed by atoms with E-state index in [9.17, 15) is 4.79 Å². The summed E-state index contributed by atoms with van der Waals surface area (Å²) in [4.78, 5) is 16.1. The van der Waals surface area contributed by atoms with Crippen molar-refractivity contribution >= 4 is 5.91 Å². The third-order valence-corrected chi connectivity index (χ3v) is 4.68. The number of hydrogen-bond donors (Lipinski definition) is 1. The van der Waals surface area contributed by atoms with Crippen LogP contribution >= 0.6 is 0 Å². The minimum atomic E-state index is 0.123. The van der Waals surface area contributed by atoms with Crippen molar-refractivity contribution in [3.05, 3.63) is 0 Å². The molecule has 5 nitrogen and oxygen atoms in total. The number of likely N-dealkylation sites (tertiary alicyclic amines) is 2. The van der Waals surface area contributed by atoms with Gasteiger partial charge in [-0.2, -0.15) is 0 Å². The third-order valence-electron chi connectivity index (χ3n) is 4.68. The van der Waals surface area contributed by atoms with Crippen molar-refractivity contribution < 1.29 is 9.53 Å². The SMILES string of the molecule is COCC(=O)N1CCC(NCC2CCCCN2C)CC1. The van der Waals surface area contributed by atoms with E-state index in [2.05, 4.69) is 17.3 Å². The fraction of sp³-hybridized carbons (Fsp3) is 0.933. The molecule has 1 unspecified atom stereocenters. The van der Waals surface area contributed by atoms with E-state index in [0.717, 1.165) is 32.5 Å². The Morgan fingerprint density at radius 1 is 1.20 bits per heavy atom. The summed E-state index contributed by atoms with van der Waals surface area (Å²) in [5.74, 6) is 0.123. The molecule has 0 aliphatic carbocycles. The van der Waals surface area contributed by atoms with E-state index in [1.165, 1.54) is 25.8 Å². The summed E-state index contributed by atoms with van der Waals surface area (Å²) in [6, 6.07) is 1.26. The van der Waals surface area contributed by atoms with E-state index in [4.69, 9.17) is 4.74 Å². The van der Waals surface area contributed by atoms with Gasteiger partial charge in [-0.15, -0.1) is 0 Å². The van der Waals surface area contributed by atoms with Gasteiger partial charge in [-0.1, -0.05) is 6.42 Å². The third kappa shape index (κ3) is 4.43. The molecular formula is C15H29N3O2. The van der Waals surface area contributed by atoms with Crippen molar-refractivity contribution in [1.29, 1.82) is 0 Å². The summed E-state index contributed by atoms with van der Waals surface area (Å²) in [5, 5.41) is 3.70. The first-order chi connectivity index (χ1) is 9.70. The summed E-state index contributed by atoms with van der Waals surface area (Å²) < 4.78 is 4.91. The maximum absolute atomic E-state index is 11.7. The van der Waals surface area contributed by atoms with Crippen molar-refractivity contribution in [3.63, 3.8) is 0 Å². The van der Waals surface area contributed by atoms with Crippen LogP contribution < -0.4 is 5.32 Å². The molecule has 20 heavy (non-hydrogen) atoms. The molecule has 0 bridgehead atoms. The zero-order valence-electron chi connectivity index (χ0n) is 12.9. The molecule has 0 aromatic rings. The minimum Gasteiger partial charge on any atom is -0.375 e. The number of piperidine rings is 2. The second kappa shape index (κ2) is 7.96. The van der Waals surface area contributed by atoms with E-state index in [1.54, 1.807) is 7.11 Å². The number of methoxy groups -OCH3 is 1. The molecule has 2 saturated heterocycles. The van der Waals surface area contributed by atoms with Crippen LogP contribution in [0.15, 0.2) is 0 Å². The fourth-order valence-electron chi connectivity index (χ4n) is 3.25. The Bertz CT molecular complexity index is 303. The Morgan fingerprint density at radius 3 is 2.60 bits per heavy atom. The number of ether oxygens (including phenoxy) is 1. The summed E-state index contributed by atoms with van der Waals surface area (Å²) >= 11 is 0. The van der Waals surface area contributed by atoms with Crippen LogP contribution in [0.25, 0.3) is 0 Å². The molecule has 2 rings (SSSR count). The molecule has 0 spiro atoms. The second-order valence-electron chi connectivity index (χ2n) is 6.13. The van der Waals surface area contributed by atoms with Crippen LogP contribution in [0.5, 0.6) is 0 Å². The van der Waals surface area contributed by atoms with E-state index >= 15 is 0 Å². The average molecular weight is 283 g/mol. The van der Waals surface area contributed by atoms with Crippen molar-refractivity contribution in [3.8, 4) is 0 Å². The molecule has 0 radical (unpaired) electrons. The molecule has 116 valence electrons. The van der Waals surface area contributed by atoms with Crippen LogP contribution in [-0.2, 0) is 9.53 Å². The van der Waals surface area contributed by atoms with Crippen molar-refractivity contribution in [2.45, 2.75) is 44.2 Å².